The highest BCUT2D eigenvalue weighted by Crippen LogP contribution is 2.40. The second kappa shape index (κ2) is 9.57. The van der Waals surface area contributed by atoms with E-state index >= 15 is 0 Å². The van der Waals surface area contributed by atoms with Gasteiger partial charge in [0.05, 0.1) is 31.3 Å². The molecule has 2 atom stereocenters. The number of aliphatic hydroxyl groups excluding tert-OH is 1. The number of methoxy groups -OCH3 is 1. The van der Waals surface area contributed by atoms with Gasteiger partial charge in [-0.1, -0.05) is 18.2 Å². The quantitative estimate of drug-likeness (QED) is 0.681. The summed E-state index contributed by atoms with van der Waals surface area (Å²) in [6.07, 6.45) is 1.61. The first kappa shape index (κ1) is 22.2. The molecule has 0 amide bonds. The van der Waals surface area contributed by atoms with Crippen molar-refractivity contribution in [2.75, 3.05) is 13.7 Å². The topological polar surface area (TPSA) is 71.7 Å². The highest BCUT2D eigenvalue weighted by molar-refractivity contribution is 5.70. The van der Waals surface area contributed by atoms with Gasteiger partial charge in [0.2, 0.25) is 0 Å². The molecular weight excluding hydrogens is 385 g/mol. The predicted octanol–water partition coefficient (Wildman–Crippen LogP) is 5.13. The Bertz CT molecular complexity index is 916. The van der Waals surface area contributed by atoms with E-state index in [1.54, 1.807) is 38.1 Å². The van der Waals surface area contributed by atoms with Crippen molar-refractivity contribution in [1.29, 1.82) is 5.26 Å². The molecule has 1 fully saturated rings. The third-order valence-electron chi connectivity index (χ3n) is 5.42. The van der Waals surface area contributed by atoms with Crippen molar-refractivity contribution in [2.24, 2.45) is 5.41 Å². The fourth-order valence-corrected chi connectivity index (χ4v) is 3.49. The Balaban J connectivity index is 1.98. The van der Waals surface area contributed by atoms with E-state index in [-0.39, 0.29) is 6.29 Å². The molecule has 1 heterocycles. The Morgan fingerprint density at radius 1 is 1.23 bits per heavy atom. The molecule has 6 heteroatoms. The molecule has 30 heavy (non-hydrogen) atoms. The lowest BCUT2D eigenvalue weighted by Gasteiger charge is -2.27. The smallest absolute Gasteiger partial charge is 0.158 e. The highest BCUT2D eigenvalue weighted by atomic mass is 19.1. The lowest BCUT2D eigenvalue weighted by molar-refractivity contribution is -0.168. The van der Waals surface area contributed by atoms with Gasteiger partial charge in [-0.15, -0.1) is 0 Å². The summed E-state index contributed by atoms with van der Waals surface area (Å²) in [5.41, 5.74) is 1.05. The molecule has 1 aliphatic heterocycles. The molecule has 3 rings (SSSR count). The van der Waals surface area contributed by atoms with Gasteiger partial charge in [-0.2, -0.15) is 5.26 Å². The van der Waals surface area contributed by atoms with E-state index in [0.29, 0.717) is 35.7 Å². The number of ether oxygens (including phenoxy) is 3. The van der Waals surface area contributed by atoms with Crippen LogP contribution in [0.4, 0.5) is 4.39 Å². The SMILES string of the molecule is COc1ccc(F)c(-c2ccc(COC3CCCCO3)cc2C(O)C(C)(C)C#N)c1. The van der Waals surface area contributed by atoms with Crippen molar-refractivity contribution >= 4 is 0 Å². The molecule has 5 nitrogen and oxygen atoms in total. The van der Waals surface area contributed by atoms with Crippen LogP contribution in [0.5, 0.6) is 5.75 Å². The third kappa shape index (κ3) is 4.99. The molecule has 0 spiro atoms. The largest absolute Gasteiger partial charge is 0.497 e. The van der Waals surface area contributed by atoms with E-state index < -0.39 is 17.3 Å². The molecule has 2 aromatic carbocycles. The Hall–Kier alpha value is -2.46. The number of hydrogen-bond donors (Lipinski definition) is 1. The Morgan fingerprint density at radius 2 is 2.03 bits per heavy atom. The van der Waals surface area contributed by atoms with Crippen LogP contribution < -0.4 is 4.74 Å². The standard InChI is InChI=1S/C24H28FNO4/c1-24(2,15-26)23(27)20-12-16(14-30-22-6-4-5-11-29-22)7-9-18(20)19-13-17(28-3)8-10-21(19)25/h7-10,12-13,22-23,27H,4-6,11,14H2,1-3H3. The van der Waals surface area contributed by atoms with Gasteiger partial charge < -0.3 is 19.3 Å². The lowest BCUT2D eigenvalue weighted by Crippen LogP contribution is -2.22. The summed E-state index contributed by atoms with van der Waals surface area (Å²) in [5.74, 6) is 0.0758. The van der Waals surface area contributed by atoms with Crippen LogP contribution in [-0.2, 0) is 16.1 Å². The lowest BCUT2D eigenvalue weighted by atomic mass is 9.80. The zero-order valence-corrected chi connectivity index (χ0v) is 17.7. The summed E-state index contributed by atoms with van der Waals surface area (Å²) in [6.45, 7) is 4.31. The number of nitrogens with zero attached hydrogens (tertiary/aromatic N) is 1. The van der Waals surface area contributed by atoms with Crippen molar-refractivity contribution in [2.45, 2.75) is 52.1 Å². The van der Waals surface area contributed by atoms with Gasteiger partial charge in [-0.25, -0.2) is 4.39 Å². The first-order valence-corrected chi connectivity index (χ1v) is 10.1. The van der Waals surface area contributed by atoms with Crippen molar-refractivity contribution < 1.29 is 23.7 Å². The molecule has 1 aliphatic rings. The van der Waals surface area contributed by atoms with E-state index in [0.717, 1.165) is 24.8 Å². The summed E-state index contributed by atoms with van der Waals surface area (Å²) >= 11 is 0. The monoisotopic (exact) mass is 413 g/mol. The maximum absolute atomic E-state index is 14.7. The van der Waals surface area contributed by atoms with E-state index in [1.807, 2.05) is 6.07 Å². The zero-order chi connectivity index (χ0) is 21.7. The van der Waals surface area contributed by atoms with Gasteiger partial charge in [-0.3, -0.25) is 0 Å². The number of rotatable bonds is 7. The Labute approximate surface area is 177 Å². The Morgan fingerprint density at radius 3 is 2.70 bits per heavy atom. The summed E-state index contributed by atoms with van der Waals surface area (Å²) in [6, 6.07) is 12.0. The first-order chi connectivity index (χ1) is 14.4. The summed E-state index contributed by atoms with van der Waals surface area (Å²) in [5, 5.41) is 20.5. The molecule has 2 aromatic rings. The van der Waals surface area contributed by atoms with Crippen LogP contribution in [-0.4, -0.2) is 25.1 Å². The van der Waals surface area contributed by atoms with Crippen molar-refractivity contribution in [3.8, 4) is 22.9 Å². The van der Waals surface area contributed by atoms with E-state index in [4.69, 9.17) is 14.2 Å². The fraction of sp³-hybridized carbons (Fsp3) is 0.458. The fourth-order valence-electron chi connectivity index (χ4n) is 3.49. The highest BCUT2D eigenvalue weighted by Gasteiger charge is 2.31. The normalized spacial score (nSPS) is 17.9. The number of aliphatic hydroxyl groups is 1. The van der Waals surface area contributed by atoms with Gasteiger partial charge in [0.15, 0.2) is 6.29 Å². The van der Waals surface area contributed by atoms with Gasteiger partial charge in [0, 0.05) is 12.2 Å². The number of halogens is 1. The van der Waals surface area contributed by atoms with Crippen LogP contribution in [0, 0.1) is 22.6 Å². The van der Waals surface area contributed by atoms with Crippen molar-refractivity contribution in [1.82, 2.24) is 0 Å². The summed E-state index contributed by atoms with van der Waals surface area (Å²) in [7, 11) is 1.51. The van der Waals surface area contributed by atoms with Gasteiger partial charge in [0.1, 0.15) is 11.6 Å². The van der Waals surface area contributed by atoms with Crippen LogP contribution in [0.25, 0.3) is 11.1 Å². The molecule has 0 aliphatic carbocycles. The molecule has 2 unspecified atom stereocenters. The van der Waals surface area contributed by atoms with Gasteiger partial charge >= 0.3 is 0 Å². The Kier molecular flexibility index (Phi) is 7.09. The maximum atomic E-state index is 14.7. The van der Waals surface area contributed by atoms with Crippen LogP contribution in [0.15, 0.2) is 36.4 Å². The minimum atomic E-state index is -1.12. The predicted molar refractivity (Wildman–Crippen MR) is 111 cm³/mol. The average Bonchev–Trinajstić information content (AvgIpc) is 2.78. The minimum Gasteiger partial charge on any atom is -0.497 e. The average molecular weight is 413 g/mol. The summed E-state index contributed by atoms with van der Waals surface area (Å²) < 4.78 is 31.4. The molecule has 1 saturated heterocycles. The molecular formula is C24H28FNO4. The van der Waals surface area contributed by atoms with Crippen LogP contribution in [0.3, 0.4) is 0 Å². The van der Waals surface area contributed by atoms with E-state index in [9.17, 15) is 14.8 Å². The van der Waals surface area contributed by atoms with E-state index in [1.165, 1.54) is 13.2 Å². The van der Waals surface area contributed by atoms with Gasteiger partial charge in [0.25, 0.3) is 0 Å². The molecule has 0 bridgehead atoms. The number of nitriles is 1. The molecule has 0 aromatic heterocycles. The van der Waals surface area contributed by atoms with E-state index in [2.05, 4.69) is 6.07 Å². The first-order valence-electron chi connectivity index (χ1n) is 10.1. The van der Waals surface area contributed by atoms with Crippen LogP contribution in [0.2, 0.25) is 0 Å². The van der Waals surface area contributed by atoms with Crippen molar-refractivity contribution in [3.63, 3.8) is 0 Å². The molecule has 1 N–H and O–H groups in total. The van der Waals surface area contributed by atoms with Crippen LogP contribution >= 0.6 is 0 Å². The zero-order valence-electron chi connectivity index (χ0n) is 17.7. The molecule has 160 valence electrons. The van der Waals surface area contributed by atoms with Crippen molar-refractivity contribution in [3.05, 3.63) is 53.3 Å². The third-order valence-corrected chi connectivity index (χ3v) is 5.42. The van der Waals surface area contributed by atoms with Crippen LogP contribution in [0.1, 0.15) is 50.3 Å². The number of hydrogen-bond acceptors (Lipinski definition) is 5. The molecule has 0 saturated carbocycles. The molecule has 0 radical (unpaired) electrons. The maximum Gasteiger partial charge on any atom is 0.158 e. The second-order valence-corrected chi connectivity index (χ2v) is 8.11. The number of benzene rings is 2. The second-order valence-electron chi connectivity index (χ2n) is 8.11. The minimum absolute atomic E-state index is 0.238. The van der Waals surface area contributed by atoms with Gasteiger partial charge in [-0.05, 0) is 68.0 Å². The summed E-state index contributed by atoms with van der Waals surface area (Å²) in [4.78, 5) is 0.